The summed E-state index contributed by atoms with van der Waals surface area (Å²) in [6, 6.07) is 1.73. The number of rotatable bonds is 4. The highest BCUT2D eigenvalue weighted by molar-refractivity contribution is 5.85. The Balaban J connectivity index is 0.00000161. The van der Waals surface area contributed by atoms with E-state index in [1.807, 2.05) is 0 Å². The number of nitrogens with one attached hydrogen (secondary N) is 1. The van der Waals surface area contributed by atoms with Gasteiger partial charge in [0.05, 0.1) is 0 Å². The molecule has 0 saturated heterocycles. The summed E-state index contributed by atoms with van der Waals surface area (Å²) in [6.07, 6.45) is 22.4. The third kappa shape index (κ3) is 5.13. The molecule has 1 N–H and O–H groups in total. The molecule has 1 nitrogen and oxygen atoms in total. The minimum atomic E-state index is 0. The van der Waals surface area contributed by atoms with Crippen LogP contribution in [0.15, 0.2) is 0 Å². The predicted octanol–water partition coefficient (Wildman–Crippen LogP) is 5.86. The molecule has 3 aliphatic carbocycles. The Morgan fingerprint density at radius 2 is 0.905 bits per heavy atom. The fourth-order valence-corrected chi connectivity index (χ4v) is 5.19. The van der Waals surface area contributed by atoms with E-state index >= 15 is 0 Å². The number of halogens is 1. The van der Waals surface area contributed by atoms with Crippen LogP contribution in [0, 0.1) is 11.8 Å². The van der Waals surface area contributed by atoms with Gasteiger partial charge >= 0.3 is 0 Å². The molecule has 0 heterocycles. The summed E-state index contributed by atoms with van der Waals surface area (Å²) in [4.78, 5) is 0. The Labute approximate surface area is 138 Å². The molecular formula is C19H36ClN. The van der Waals surface area contributed by atoms with E-state index in [9.17, 15) is 0 Å². The van der Waals surface area contributed by atoms with E-state index in [0.29, 0.717) is 0 Å². The lowest BCUT2D eigenvalue weighted by atomic mass is 9.73. The molecule has 0 radical (unpaired) electrons. The zero-order valence-electron chi connectivity index (χ0n) is 13.8. The maximum Gasteiger partial charge on any atom is 0.0126 e. The summed E-state index contributed by atoms with van der Waals surface area (Å²) in [5.74, 6) is 2.02. The van der Waals surface area contributed by atoms with Crippen LogP contribution in [0.4, 0.5) is 0 Å². The highest BCUT2D eigenvalue weighted by Gasteiger charge is 2.32. The van der Waals surface area contributed by atoms with Crippen LogP contribution in [0.1, 0.15) is 96.3 Å². The second kappa shape index (κ2) is 9.40. The van der Waals surface area contributed by atoms with E-state index in [4.69, 9.17) is 0 Å². The van der Waals surface area contributed by atoms with Gasteiger partial charge in [0.15, 0.2) is 0 Å². The average molecular weight is 314 g/mol. The van der Waals surface area contributed by atoms with E-state index in [1.165, 1.54) is 96.3 Å². The molecule has 0 amide bonds. The normalized spacial score (nSPS) is 26.7. The van der Waals surface area contributed by atoms with Gasteiger partial charge in [-0.2, -0.15) is 0 Å². The van der Waals surface area contributed by atoms with Gasteiger partial charge in [0.2, 0.25) is 0 Å². The average Bonchev–Trinajstić information content (AvgIpc) is 2.55. The monoisotopic (exact) mass is 313 g/mol. The molecule has 3 saturated carbocycles. The fraction of sp³-hybridized carbons (Fsp3) is 1.00. The second-order valence-electron chi connectivity index (χ2n) is 7.82. The number of hydrogen-bond acceptors (Lipinski definition) is 1. The van der Waals surface area contributed by atoms with Crippen LogP contribution in [-0.2, 0) is 0 Å². The minimum Gasteiger partial charge on any atom is -0.311 e. The molecule has 124 valence electrons. The first-order chi connectivity index (χ1) is 9.93. The summed E-state index contributed by atoms with van der Waals surface area (Å²) in [5.41, 5.74) is 0. The van der Waals surface area contributed by atoms with Crippen LogP contribution >= 0.6 is 12.4 Å². The molecule has 3 aliphatic rings. The van der Waals surface area contributed by atoms with E-state index in [1.54, 1.807) is 0 Å². The van der Waals surface area contributed by atoms with Crippen LogP contribution in [0.2, 0.25) is 0 Å². The molecule has 0 spiro atoms. The van der Waals surface area contributed by atoms with Gasteiger partial charge in [-0.1, -0.05) is 57.8 Å². The molecule has 2 heteroatoms. The molecule has 21 heavy (non-hydrogen) atoms. The topological polar surface area (TPSA) is 12.0 Å². The zero-order chi connectivity index (χ0) is 13.6. The zero-order valence-corrected chi connectivity index (χ0v) is 14.6. The summed E-state index contributed by atoms with van der Waals surface area (Å²) in [6.45, 7) is 0. The van der Waals surface area contributed by atoms with Crippen LogP contribution in [0.25, 0.3) is 0 Å². The van der Waals surface area contributed by atoms with E-state index in [2.05, 4.69) is 5.32 Å². The van der Waals surface area contributed by atoms with Crippen LogP contribution in [0.3, 0.4) is 0 Å². The van der Waals surface area contributed by atoms with Gasteiger partial charge in [0.1, 0.15) is 0 Å². The Bertz CT molecular complexity index is 245. The first kappa shape index (κ1) is 17.6. The summed E-state index contributed by atoms with van der Waals surface area (Å²) in [7, 11) is 0. The minimum absolute atomic E-state index is 0. The second-order valence-corrected chi connectivity index (χ2v) is 7.82. The van der Waals surface area contributed by atoms with E-state index in [-0.39, 0.29) is 12.4 Å². The van der Waals surface area contributed by atoms with Crippen molar-refractivity contribution in [2.24, 2.45) is 11.8 Å². The lowest BCUT2D eigenvalue weighted by Crippen LogP contribution is -2.49. The van der Waals surface area contributed by atoms with Crippen molar-refractivity contribution in [1.29, 1.82) is 0 Å². The van der Waals surface area contributed by atoms with Crippen LogP contribution in [0.5, 0.6) is 0 Å². The SMILES string of the molecule is C1CCC(NC(C2CCCCC2)C2CCCCC2)CC1.Cl. The molecule has 3 rings (SSSR count). The van der Waals surface area contributed by atoms with Crippen molar-refractivity contribution in [2.45, 2.75) is 108 Å². The van der Waals surface area contributed by atoms with Crippen molar-refractivity contribution in [3.63, 3.8) is 0 Å². The van der Waals surface area contributed by atoms with Crippen LogP contribution < -0.4 is 5.32 Å². The molecule has 0 bridgehead atoms. The quantitative estimate of drug-likeness (QED) is 0.685. The first-order valence-corrected chi connectivity index (χ1v) is 9.69. The van der Waals surface area contributed by atoms with Crippen molar-refractivity contribution in [1.82, 2.24) is 5.32 Å². The molecular weight excluding hydrogens is 278 g/mol. The molecule has 0 unspecified atom stereocenters. The van der Waals surface area contributed by atoms with Gasteiger partial charge in [0, 0.05) is 12.1 Å². The largest absolute Gasteiger partial charge is 0.311 e. The summed E-state index contributed by atoms with van der Waals surface area (Å²) < 4.78 is 0. The summed E-state index contributed by atoms with van der Waals surface area (Å²) in [5, 5.41) is 4.20. The molecule has 0 aliphatic heterocycles. The van der Waals surface area contributed by atoms with Crippen molar-refractivity contribution in [3.05, 3.63) is 0 Å². The van der Waals surface area contributed by atoms with Gasteiger partial charge in [-0.05, 0) is 50.4 Å². The number of hydrogen-bond donors (Lipinski definition) is 1. The third-order valence-corrected chi connectivity index (χ3v) is 6.35. The molecule has 3 fully saturated rings. The van der Waals surface area contributed by atoms with Gasteiger partial charge in [-0.25, -0.2) is 0 Å². The van der Waals surface area contributed by atoms with Crippen molar-refractivity contribution in [2.75, 3.05) is 0 Å². The Morgan fingerprint density at radius 3 is 1.33 bits per heavy atom. The van der Waals surface area contributed by atoms with Gasteiger partial charge < -0.3 is 5.32 Å². The van der Waals surface area contributed by atoms with Crippen molar-refractivity contribution < 1.29 is 0 Å². The molecule has 0 atom stereocenters. The van der Waals surface area contributed by atoms with Gasteiger partial charge in [0.25, 0.3) is 0 Å². The van der Waals surface area contributed by atoms with Gasteiger partial charge in [-0.15, -0.1) is 12.4 Å². The summed E-state index contributed by atoms with van der Waals surface area (Å²) >= 11 is 0. The molecule has 0 aromatic carbocycles. The molecule has 0 aromatic rings. The lowest BCUT2D eigenvalue weighted by Gasteiger charge is -2.41. The predicted molar refractivity (Wildman–Crippen MR) is 94.2 cm³/mol. The first-order valence-electron chi connectivity index (χ1n) is 9.69. The maximum absolute atomic E-state index is 4.20. The maximum atomic E-state index is 4.20. The highest BCUT2D eigenvalue weighted by Crippen LogP contribution is 2.36. The molecule has 0 aromatic heterocycles. The van der Waals surface area contributed by atoms with Crippen molar-refractivity contribution in [3.8, 4) is 0 Å². The van der Waals surface area contributed by atoms with Gasteiger partial charge in [-0.3, -0.25) is 0 Å². The lowest BCUT2D eigenvalue weighted by molar-refractivity contribution is 0.150. The Hall–Kier alpha value is 0.250. The Kier molecular flexibility index (Phi) is 7.88. The Morgan fingerprint density at radius 1 is 0.524 bits per heavy atom. The third-order valence-electron chi connectivity index (χ3n) is 6.35. The standard InChI is InChI=1S/C19H35N.ClH/c1-4-10-16(11-5-1)19(17-12-6-2-7-13-17)20-18-14-8-3-9-15-18;/h16-20H,1-15H2;1H. The van der Waals surface area contributed by atoms with Crippen LogP contribution in [-0.4, -0.2) is 12.1 Å². The smallest absolute Gasteiger partial charge is 0.0126 e. The van der Waals surface area contributed by atoms with Crippen molar-refractivity contribution >= 4 is 12.4 Å². The highest BCUT2D eigenvalue weighted by atomic mass is 35.5. The fourth-order valence-electron chi connectivity index (χ4n) is 5.19. The van der Waals surface area contributed by atoms with E-state index in [0.717, 1.165) is 23.9 Å². The van der Waals surface area contributed by atoms with E-state index < -0.39 is 0 Å².